The fourth-order valence-corrected chi connectivity index (χ4v) is 5.40. The third-order valence-corrected chi connectivity index (χ3v) is 7.33. The standard InChI is InChI=1S/C30H30S/c1-23-15-17-27(18-16-23)30(25-11-7-5-8-12-25,26-13-9-6-10-14-26)31-28-21-19-24(20-22-28)29(2,3)4/h5-22H,1-4H3. The Hall–Kier alpha value is -2.77. The van der Waals surface area contributed by atoms with Gasteiger partial charge in [-0.1, -0.05) is 123 Å². The zero-order valence-corrected chi connectivity index (χ0v) is 19.6. The maximum atomic E-state index is 2.28. The largest absolute Gasteiger partial charge is 0.105 e. The Morgan fingerprint density at radius 3 is 1.35 bits per heavy atom. The van der Waals surface area contributed by atoms with E-state index in [2.05, 4.69) is 137 Å². The first kappa shape index (κ1) is 21.5. The summed E-state index contributed by atoms with van der Waals surface area (Å²) in [6.45, 7) is 8.94. The van der Waals surface area contributed by atoms with Crippen molar-refractivity contribution in [1.29, 1.82) is 0 Å². The van der Waals surface area contributed by atoms with Crippen molar-refractivity contribution in [3.63, 3.8) is 0 Å². The average molecular weight is 423 g/mol. The maximum Gasteiger partial charge on any atom is 0.0954 e. The summed E-state index contributed by atoms with van der Waals surface area (Å²) in [6, 6.07) is 39.9. The van der Waals surface area contributed by atoms with Crippen molar-refractivity contribution in [3.05, 3.63) is 137 Å². The van der Waals surface area contributed by atoms with Gasteiger partial charge in [0.05, 0.1) is 4.75 Å². The summed E-state index contributed by atoms with van der Waals surface area (Å²) in [4.78, 5) is 1.27. The van der Waals surface area contributed by atoms with Gasteiger partial charge >= 0.3 is 0 Å². The van der Waals surface area contributed by atoms with E-state index in [1.165, 1.54) is 32.7 Å². The highest BCUT2D eigenvalue weighted by Crippen LogP contribution is 2.51. The zero-order chi connectivity index (χ0) is 21.9. The highest BCUT2D eigenvalue weighted by atomic mass is 32.2. The van der Waals surface area contributed by atoms with E-state index in [0.29, 0.717) is 0 Å². The van der Waals surface area contributed by atoms with Gasteiger partial charge in [-0.2, -0.15) is 0 Å². The van der Waals surface area contributed by atoms with Crippen LogP contribution in [-0.2, 0) is 10.2 Å². The minimum atomic E-state index is -0.334. The van der Waals surface area contributed by atoms with Gasteiger partial charge in [-0.3, -0.25) is 0 Å². The molecule has 156 valence electrons. The van der Waals surface area contributed by atoms with Crippen LogP contribution in [-0.4, -0.2) is 0 Å². The summed E-state index contributed by atoms with van der Waals surface area (Å²) < 4.78 is -0.334. The lowest BCUT2D eigenvalue weighted by molar-refractivity contribution is 0.589. The van der Waals surface area contributed by atoms with Gasteiger partial charge in [0.15, 0.2) is 0 Å². The first-order valence-electron chi connectivity index (χ1n) is 10.9. The Bertz CT molecular complexity index is 1060. The lowest BCUT2D eigenvalue weighted by Gasteiger charge is -2.35. The van der Waals surface area contributed by atoms with Crippen LogP contribution in [0.5, 0.6) is 0 Å². The Kier molecular flexibility index (Phi) is 6.07. The van der Waals surface area contributed by atoms with E-state index < -0.39 is 0 Å². The van der Waals surface area contributed by atoms with Crippen LogP contribution in [0.25, 0.3) is 0 Å². The minimum absolute atomic E-state index is 0.149. The van der Waals surface area contributed by atoms with Crippen molar-refractivity contribution in [3.8, 4) is 0 Å². The number of thioether (sulfide) groups is 1. The third-order valence-electron chi connectivity index (χ3n) is 5.81. The van der Waals surface area contributed by atoms with Gasteiger partial charge in [-0.05, 0) is 46.7 Å². The lowest BCUT2D eigenvalue weighted by atomic mass is 9.84. The fraction of sp³-hybridized carbons (Fsp3) is 0.200. The van der Waals surface area contributed by atoms with Gasteiger partial charge in [0.25, 0.3) is 0 Å². The SMILES string of the molecule is Cc1ccc(C(Sc2ccc(C(C)(C)C)cc2)(c2ccccc2)c2ccccc2)cc1. The molecule has 0 aliphatic carbocycles. The molecule has 0 spiro atoms. The molecule has 4 aromatic carbocycles. The van der Waals surface area contributed by atoms with Crippen LogP contribution < -0.4 is 0 Å². The van der Waals surface area contributed by atoms with Gasteiger partial charge in [0.1, 0.15) is 0 Å². The van der Waals surface area contributed by atoms with Crippen LogP contribution in [0.4, 0.5) is 0 Å². The molecule has 4 aromatic rings. The Morgan fingerprint density at radius 2 is 0.903 bits per heavy atom. The predicted octanol–water partition coefficient (Wildman–Crippen LogP) is 8.38. The topological polar surface area (TPSA) is 0 Å². The number of hydrogen-bond acceptors (Lipinski definition) is 1. The van der Waals surface area contributed by atoms with Crippen molar-refractivity contribution in [2.75, 3.05) is 0 Å². The molecule has 0 fully saturated rings. The summed E-state index contributed by atoms with van der Waals surface area (Å²) in [5, 5.41) is 0. The molecule has 0 saturated heterocycles. The second-order valence-electron chi connectivity index (χ2n) is 9.16. The summed E-state index contributed by atoms with van der Waals surface area (Å²) in [6.07, 6.45) is 0. The summed E-state index contributed by atoms with van der Waals surface area (Å²) >= 11 is 1.92. The molecule has 0 bridgehead atoms. The van der Waals surface area contributed by atoms with E-state index in [1.54, 1.807) is 0 Å². The molecule has 0 aliphatic heterocycles. The van der Waals surface area contributed by atoms with Crippen molar-refractivity contribution in [2.45, 2.75) is 42.8 Å². The molecule has 0 aliphatic rings. The molecule has 0 aromatic heterocycles. The van der Waals surface area contributed by atoms with Gasteiger partial charge in [-0.15, -0.1) is 11.8 Å². The van der Waals surface area contributed by atoms with Crippen molar-refractivity contribution < 1.29 is 0 Å². The van der Waals surface area contributed by atoms with Crippen LogP contribution in [0, 0.1) is 6.92 Å². The molecule has 0 N–H and O–H groups in total. The second kappa shape index (κ2) is 8.77. The summed E-state index contributed by atoms with van der Waals surface area (Å²) in [5.41, 5.74) is 6.65. The molecule has 31 heavy (non-hydrogen) atoms. The predicted molar refractivity (Wildman–Crippen MR) is 135 cm³/mol. The number of aryl methyl sites for hydroxylation is 1. The maximum absolute atomic E-state index is 2.28. The smallest absolute Gasteiger partial charge is 0.0954 e. The van der Waals surface area contributed by atoms with Crippen LogP contribution in [0.1, 0.15) is 48.6 Å². The number of rotatable bonds is 5. The molecule has 0 heterocycles. The third kappa shape index (κ3) is 4.48. The van der Waals surface area contributed by atoms with Crippen LogP contribution in [0.2, 0.25) is 0 Å². The highest BCUT2D eigenvalue weighted by Gasteiger charge is 2.37. The lowest BCUT2D eigenvalue weighted by Crippen LogP contribution is -2.25. The van der Waals surface area contributed by atoms with E-state index in [9.17, 15) is 0 Å². The van der Waals surface area contributed by atoms with Crippen LogP contribution >= 0.6 is 11.8 Å². The average Bonchev–Trinajstić information content (AvgIpc) is 2.79. The first-order valence-corrected chi connectivity index (χ1v) is 11.7. The van der Waals surface area contributed by atoms with Crippen molar-refractivity contribution in [2.24, 2.45) is 0 Å². The van der Waals surface area contributed by atoms with Gasteiger partial charge in [-0.25, -0.2) is 0 Å². The fourth-order valence-electron chi connectivity index (χ4n) is 4.01. The molecule has 0 radical (unpaired) electrons. The van der Waals surface area contributed by atoms with Gasteiger partial charge in [0.2, 0.25) is 0 Å². The number of hydrogen-bond donors (Lipinski definition) is 0. The Labute approximate surface area is 191 Å². The molecular formula is C30H30S. The molecular weight excluding hydrogens is 392 g/mol. The molecule has 0 atom stereocenters. The number of benzene rings is 4. The second-order valence-corrected chi connectivity index (χ2v) is 10.4. The van der Waals surface area contributed by atoms with Crippen molar-refractivity contribution >= 4 is 11.8 Å². The van der Waals surface area contributed by atoms with Crippen LogP contribution in [0.3, 0.4) is 0 Å². The van der Waals surface area contributed by atoms with Gasteiger partial charge in [0, 0.05) is 4.90 Å². The molecule has 0 unspecified atom stereocenters. The molecule has 0 nitrogen and oxygen atoms in total. The van der Waals surface area contributed by atoms with E-state index in [4.69, 9.17) is 0 Å². The summed E-state index contributed by atoms with van der Waals surface area (Å²) in [5.74, 6) is 0. The van der Waals surface area contributed by atoms with E-state index in [1.807, 2.05) is 11.8 Å². The zero-order valence-electron chi connectivity index (χ0n) is 18.8. The van der Waals surface area contributed by atoms with Crippen molar-refractivity contribution in [1.82, 2.24) is 0 Å². The normalized spacial score (nSPS) is 12.0. The Balaban J connectivity index is 1.92. The van der Waals surface area contributed by atoms with E-state index in [0.717, 1.165) is 0 Å². The van der Waals surface area contributed by atoms with E-state index >= 15 is 0 Å². The molecule has 1 heteroatoms. The Morgan fingerprint density at radius 1 is 0.484 bits per heavy atom. The van der Waals surface area contributed by atoms with E-state index in [-0.39, 0.29) is 10.2 Å². The summed E-state index contributed by atoms with van der Waals surface area (Å²) in [7, 11) is 0. The molecule has 4 rings (SSSR count). The highest BCUT2D eigenvalue weighted by molar-refractivity contribution is 8.00. The monoisotopic (exact) mass is 422 g/mol. The minimum Gasteiger partial charge on any atom is -0.105 e. The molecule has 0 saturated carbocycles. The van der Waals surface area contributed by atoms with Crippen LogP contribution in [0.15, 0.2) is 114 Å². The van der Waals surface area contributed by atoms with Gasteiger partial charge < -0.3 is 0 Å². The quantitative estimate of drug-likeness (QED) is 0.230. The first-order chi connectivity index (χ1) is 14.9. The molecule has 0 amide bonds.